The Kier molecular flexibility index (Phi) is 5.41. The smallest absolute Gasteiger partial charge is 0.274 e. The lowest BCUT2D eigenvalue weighted by atomic mass is 9.93. The van der Waals surface area contributed by atoms with Crippen molar-refractivity contribution in [1.29, 1.82) is 0 Å². The highest BCUT2D eigenvalue weighted by molar-refractivity contribution is 5.85. The van der Waals surface area contributed by atoms with Crippen molar-refractivity contribution in [1.82, 2.24) is 15.1 Å². The number of hydrogen-bond acceptors (Lipinski definition) is 4. The number of aliphatic hydroxyl groups is 1. The Bertz CT molecular complexity index is 986. The Balaban J connectivity index is 0.00000196. The van der Waals surface area contributed by atoms with E-state index in [1.165, 1.54) is 15.8 Å². The summed E-state index contributed by atoms with van der Waals surface area (Å²) >= 11 is 0. The predicted octanol–water partition coefficient (Wildman–Crippen LogP) is 2.20. The van der Waals surface area contributed by atoms with Gasteiger partial charge in [-0.3, -0.25) is 4.79 Å². The highest BCUT2D eigenvalue weighted by Gasteiger charge is 2.25. The zero-order valence-electron chi connectivity index (χ0n) is 14.6. The van der Waals surface area contributed by atoms with E-state index in [4.69, 9.17) is 0 Å². The molecule has 4 rings (SSSR count). The van der Waals surface area contributed by atoms with E-state index in [1.807, 2.05) is 43.3 Å². The summed E-state index contributed by atoms with van der Waals surface area (Å²) in [5.74, 6) is 0. The van der Waals surface area contributed by atoms with Crippen LogP contribution in [0.4, 0.5) is 0 Å². The van der Waals surface area contributed by atoms with Crippen molar-refractivity contribution in [2.45, 2.75) is 38.6 Å². The fourth-order valence-corrected chi connectivity index (χ4v) is 3.58. The van der Waals surface area contributed by atoms with E-state index in [2.05, 4.69) is 22.5 Å². The van der Waals surface area contributed by atoms with Crippen LogP contribution in [0.15, 0.2) is 53.3 Å². The Morgan fingerprint density at radius 1 is 1.15 bits per heavy atom. The summed E-state index contributed by atoms with van der Waals surface area (Å²) in [7, 11) is 0. The van der Waals surface area contributed by atoms with Crippen molar-refractivity contribution in [3.63, 3.8) is 0 Å². The summed E-state index contributed by atoms with van der Waals surface area (Å²) in [5, 5.41) is 20.0. The monoisotopic (exact) mass is 371 g/mol. The minimum atomic E-state index is -0.681. The van der Waals surface area contributed by atoms with Gasteiger partial charge in [0.15, 0.2) is 0 Å². The van der Waals surface area contributed by atoms with Crippen molar-refractivity contribution in [2.75, 3.05) is 0 Å². The van der Waals surface area contributed by atoms with Gasteiger partial charge in [-0.25, -0.2) is 4.68 Å². The van der Waals surface area contributed by atoms with Crippen LogP contribution in [-0.2, 0) is 19.5 Å². The van der Waals surface area contributed by atoms with E-state index in [1.54, 1.807) is 0 Å². The van der Waals surface area contributed by atoms with Gasteiger partial charge in [0.25, 0.3) is 5.56 Å². The minimum Gasteiger partial charge on any atom is -0.390 e. The van der Waals surface area contributed by atoms with Crippen LogP contribution >= 0.6 is 12.4 Å². The SMILES string of the molecule is Cc1nn(CC(O)C2Cc3ccccc3CN2)c(=O)c2ccccc12.Cl. The fraction of sp³-hybridized carbons (Fsp3) is 0.300. The van der Waals surface area contributed by atoms with Crippen molar-refractivity contribution in [3.05, 3.63) is 75.7 Å². The maximum absolute atomic E-state index is 12.7. The third kappa shape index (κ3) is 3.38. The molecule has 26 heavy (non-hydrogen) atoms. The third-order valence-corrected chi connectivity index (χ3v) is 4.99. The number of fused-ring (bicyclic) bond motifs is 2. The number of aromatic nitrogens is 2. The van der Waals surface area contributed by atoms with Crippen molar-refractivity contribution in [2.24, 2.45) is 0 Å². The number of hydrogen-bond donors (Lipinski definition) is 2. The van der Waals surface area contributed by atoms with Crippen LogP contribution in [0.3, 0.4) is 0 Å². The first-order chi connectivity index (χ1) is 12.1. The number of halogens is 1. The van der Waals surface area contributed by atoms with Gasteiger partial charge in [0.2, 0.25) is 0 Å². The molecule has 5 nitrogen and oxygen atoms in total. The standard InChI is InChI=1S/C20H21N3O2.ClH/c1-13-16-8-4-5-9-17(16)20(25)23(22-13)12-19(24)18-10-14-6-2-3-7-15(14)11-21-18;/h2-9,18-19,21,24H,10-12H2,1H3;1H. The molecule has 1 aliphatic heterocycles. The van der Waals surface area contributed by atoms with Gasteiger partial charge in [-0.15, -0.1) is 12.4 Å². The zero-order valence-corrected chi connectivity index (χ0v) is 15.4. The van der Waals surface area contributed by atoms with Gasteiger partial charge < -0.3 is 10.4 Å². The summed E-state index contributed by atoms with van der Waals surface area (Å²) < 4.78 is 1.39. The summed E-state index contributed by atoms with van der Waals surface area (Å²) in [5.41, 5.74) is 3.16. The fourth-order valence-electron chi connectivity index (χ4n) is 3.58. The average molecular weight is 372 g/mol. The van der Waals surface area contributed by atoms with Gasteiger partial charge in [0, 0.05) is 18.0 Å². The predicted molar refractivity (Wildman–Crippen MR) is 105 cm³/mol. The molecule has 2 atom stereocenters. The van der Waals surface area contributed by atoms with Gasteiger partial charge in [0.1, 0.15) is 0 Å². The number of aliphatic hydroxyl groups excluding tert-OH is 1. The molecule has 0 amide bonds. The first-order valence-electron chi connectivity index (χ1n) is 8.58. The van der Waals surface area contributed by atoms with E-state index >= 15 is 0 Å². The summed E-state index contributed by atoms with van der Waals surface area (Å²) in [4.78, 5) is 12.7. The van der Waals surface area contributed by atoms with Crippen LogP contribution < -0.4 is 10.9 Å². The average Bonchev–Trinajstić information content (AvgIpc) is 2.65. The normalized spacial score (nSPS) is 17.4. The molecule has 6 heteroatoms. The molecule has 0 saturated heterocycles. The van der Waals surface area contributed by atoms with Gasteiger partial charge in [-0.1, -0.05) is 42.5 Å². The lowest BCUT2D eigenvalue weighted by molar-refractivity contribution is 0.0997. The molecule has 2 aromatic carbocycles. The Morgan fingerprint density at radius 3 is 2.58 bits per heavy atom. The van der Waals surface area contributed by atoms with Gasteiger partial charge >= 0.3 is 0 Å². The lowest BCUT2D eigenvalue weighted by Gasteiger charge is -2.30. The quantitative estimate of drug-likeness (QED) is 0.740. The lowest BCUT2D eigenvalue weighted by Crippen LogP contribution is -2.47. The number of benzene rings is 2. The topological polar surface area (TPSA) is 67.2 Å². The molecular formula is C20H22ClN3O2. The van der Waals surface area contributed by atoms with Crippen LogP contribution in [0.1, 0.15) is 16.8 Å². The molecule has 2 unspecified atom stereocenters. The van der Waals surface area contributed by atoms with Gasteiger partial charge in [-0.2, -0.15) is 5.10 Å². The van der Waals surface area contributed by atoms with Gasteiger partial charge in [0.05, 0.1) is 23.7 Å². The maximum atomic E-state index is 12.7. The summed E-state index contributed by atoms with van der Waals surface area (Å²) in [6, 6.07) is 15.6. The number of rotatable bonds is 3. The number of aryl methyl sites for hydroxylation is 1. The molecule has 0 fully saturated rings. The van der Waals surface area contributed by atoms with E-state index < -0.39 is 6.10 Å². The summed E-state index contributed by atoms with van der Waals surface area (Å²) in [6.07, 6.45) is 0.0673. The van der Waals surface area contributed by atoms with Crippen LogP contribution in [-0.4, -0.2) is 27.0 Å². The molecule has 0 radical (unpaired) electrons. The van der Waals surface area contributed by atoms with Crippen molar-refractivity contribution in [3.8, 4) is 0 Å². The molecule has 0 spiro atoms. The first-order valence-corrected chi connectivity index (χ1v) is 8.58. The Hall–Kier alpha value is -2.21. The molecule has 3 aromatic rings. The van der Waals surface area contributed by atoms with E-state index in [-0.39, 0.29) is 30.6 Å². The molecule has 1 aliphatic rings. The molecule has 136 valence electrons. The first kappa shape index (κ1) is 18.6. The number of nitrogens with one attached hydrogen (secondary N) is 1. The molecule has 0 saturated carbocycles. The van der Waals surface area contributed by atoms with E-state index in [9.17, 15) is 9.90 Å². The minimum absolute atomic E-state index is 0. The largest absolute Gasteiger partial charge is 0.390 e. The van der Waals surface area contributed by atoms with E-state index in [0.29, 0.717) is 5.39 Å². The van der Waals surface area contributed by atoms with Gasteiger partial charge in [-0.05, 0) is 30.5 Å². The second-order valence-corrected chi connectivity index (χ2v) is 6.65. The van der Waals surface area contributed by atoms with Crippen LogP contribution in [0, 0.1) is 6.92 Å². The molecule has 2 heterocycles. The Labute approximate surface area is 158 Å². The highest BCUT2D eigenvalue weighted by atomic mass is 35.5. The molecular weight excluding hydrogens is 350 g/mol. The molecule has 0 bridgehead atoms. The second kappa shape index (κ2) is 7.58. The molecule has 2 N–H and O–H groups in total. The zero-order chi connectivity index (χ0) is 17.4. The Morgan fingerprint density at radius 2 is 1.81 bits per heavy atom. The van der Waals surface area contributed by atoms with Crippen molar-refractivity contribution < 1.29 is 5.11 Å². The third-order valence-electron chi connectivity index (χ3n) is 4.99. The molecule has 0 aliphatic carbocycles. The summed E-state index contributed by atoms with van der Waals surface area (Å²) in [6.45, 7) is 2.81. The van der Waals surface area contributed by atoms with Crippen LogP contribution in [0.25, 0.3) is 10.8 Å². The second-order valence-electron chi connectivity index (χ2n) is 6.65. The maximum Gasteiger partial charge on any atom is 0.274 e. The highest BCUT2D eigenvalue weighted by Crippen LogP contribution is 2.18. The van der Waals surface area contributed by atoms with E-state index in [0.717, 1.165) is 24.0 Å². The van der Waals surface area contributed by atoms with Crippen LogP contribution in [0.5, 0.6) is 0 Å². The van der Waals surface area contributed by atoms with Crippen LogP contribution in [0.2, 0.25) is 0 Å². The van der Waals surface area contributed by atoms with Crippen molar-refractivity contribution >= 4 is 23.2 Å². The number of nitrogens with zero attached hydrogens (tertiary/aromatic N) is 2. The molecule has 1 aromatic heterocycles.